The van der Waals surface area contributed by atoms with Crippen molar-refractivity contribution < 1.29 is 14.3 Å². The number of amides is 1. The molecule has 1 amide bonds. The number of carbonyl (C=O) groups excluding carboxylic acids is 2. The summed E-state index contributed by atoms with van der Waals surface area (Å²) >= 11 is 1.72. The normalized spacial score (nSPS) is 15.2. The van der Waals surface area contributed by atoms with Crippen molar-refractivity contribution in [3.8, 4) is 0 Å². The van der Waals surface area contributed by atoms with Crippen LogP contribution in [0.4, 0.5) is 0 Å². The van der Waals surface area contributed by atoms with Gasteiger partial charge in [-0.25, -0.2) is 0 Å². The number of ether oxygens (including phenoxy) is 1. The van der Waals surface area contributed by atoms with Gasteiger partial charge in [0, 0.05) is 24.5 Å². The maximum Gasteiger partial charge on any atom is 0.309 e. The van der Waals surface area contributed by atoms with Crippen LogP contribution in [0, 0.1) is 12.8 Å². The Balaban J connectivity index is 1.57. The Morgan fingerprint density at radius 2 is 1.76 bits per heavy atom. The molecule has 0 radical (unpaired) electrons. The fourth-order valence-corrected chi connectivity index (χ4v) is 5.51. The molecular formula is C27H34N2O3S. The molecule has 2 aromatic heterocycles. The highest BCUT2D eigenvalue weighted by Gasteiger charge is 2.30. The molecule has 5 nitrogen and oxygen atoms in total. The van der Waals surface area contributed by atoms with Gasteiger partial charge in [0.25, 0.3) is 5.91 Å². The first-order valence-electron chi connectivity index (χ1n) is 11.8. The summed E-state index contributed by atoms with van der Waals surface area (Å²) in [6.07, 6.45) is 1.32. The molecule has 3 aromatic rings. The number of fused-ring (bicyclic) bond motifs is 1. The van der Waals surface area contributed by atoms with E-state index in [0.717, 1.165) is 15.9 Å². The van der Waals surface area contributed by atoms with E-state index in [1.54, 1.807) is 11.3 Å². The van der Waals surface area contributed by atoms with Gasteiger partial charge >= 0.3 is 5.97 Å². The number of piperidine rings is 1. The Morgan fingerprint density at radius 1 is 1.09 bits per heavy atom. The van der Waals surface area contributed by atoms with E-state index in [9.17, 15) is 9.59 Å². The molecule has 33 heavy (non-hydrogen) atoms. The standard InChI is InChI=1S/C27H34N2O3S/c1-6-32-26(31)20-11-13-28(14-12-20)25(30)23-16-24-22(15-18(2)33-24)29(23)17-19-7-9-21(10-8-19)27(3,4)5/h7-10,15-16,20H,6,11-14,17H2,1-5H3. The van der Waals surface area contributed by atoms with Crippen LogP contribution in [0.5, 0.6) is 0 Å². The van der Waals surface area contributed by atoms with Crippen molar-refractivity contribution in [1.82, 2.24) is 9.47 Å². The quantitative estimate of drug-likeness (QED) is 0.449. The lowest BCUT2D eigenvalue weighted by molar-refractivity contribution is -0.149. The highest BCUT2D eigenvalue weighted by Crippen LogP contribution is 2.31. The molecule has 1 aromatic carbocycles. The van der Waals surface area contributed by atoms with Crippen molar-refractivity contribution in [2.75, 3.05) is 19.7 Å². The third kappa shape index (κ3) is 5.01. The number of thiophene rings is 1. The molecule has 0 N–H and O–H groups in total. The summed E-state index contributed by atoms with van der Waals surface area (Å²) in [5, 5.41) is 0. The van der Waals surface area contributed by atoms with E-state index in [1.165, 1.54) is 16.0 Å². The molecular weight excluding hydrogens is 432 g/mol. The van der Waals surface area contributed by atoms with Crippen molar-refractivity contribution >= 4 is 33.4 Å². The molecule has 4 rings (SSSR count). The zero-order valence-electron chi connectivity index (χ0n) is 20.3. The van der Waals surface area contributed by atoms with Crippen LogP contribution in [0.15, 0.2) is 36.4 Å². The van der Waals surface area contributed by atoms with E-state index in [-0.39, 0.29) is 23.2 Å². The fourth-order valence-electron chi connectivity index (χ4n) is 4.55. The molecule has 0 unspecified atom stereocenters. The molecule has 176 valence electrons. The highest BCUT2D eigenvalue weighted by atomic mass is 32.1. The first-order chi connectivity index (χ1) is 15.7. The summed E-state index contributed by atoms with van der Waals surface area (Å²) in [5.74, 6) is -0.194. The van der Waals surface area contributed by atoms with Crippen molar-refractivity contribution in [1.29, 1.82) is 0 Å². The number of rotatable bonds is 5. The lowest BCUT2D eigenvalue weighted by Crippen LogP contribution is -2.41. The van der Waals surface area contributed by atoms with Gasteiger partial charge in [-0.05, 0) is 55.4 Å². The molecule has 6 heteroatoms. The van der Waals surface area contributed by atoms with Crippen molar-refractivity contribution in [3.05, 3.63) is 58.1 Å². The average molecular weight is 467 g/mol. The van der Waals surface area contributed by atoms with Gasteiger partial charge in [0.1, 0.15) is 5.69 Å². The second-order valence-corrected chi connectivity index (χ2v) is 11.3. The Bertz CT molecular complexity index is 1140. The van der Waals surface area contributed by atoms with Crippen LogP contribution in [0.3, 0.4) is 0 Å². The van der Waals surface area contributed by atoms with Gasteiger partial charge in [-0.1, -0.05) is 45.0 Å². The maximum absolute atomic E-state index is 13.5. The van der Waals surface area contributed by atoms with Crippen LogP contribution >= 0.6 is 11.3 Å². The third-order valence-electron chi connectivity index (χ3n) is 6.49. The van der Waals surface area contributed by atoms with Crippen molar-refractivity contribution in [3.63, 3.8) is 0 Å². The minimum atomic E-state index is -0.136. The molecule has 0 saturated carbocycles. The molecule has 1 aliphatic heterocycles. The summed E-state index contributed by atoms with van der Waals surface area (Å²) in [5.41, 5.74) is 4.43. The highest BCUT2D eigenvalue weighted by molar-refractivity contribution is 7.19. The van der Waals surface area contributed by atoms with Crippen LogP contribution in [-0.4, -0.2) is 41.0 Å². The van der Waals surface area contributed by atoms with Crippen molar-refractivity contribution in [2.24, 2.45) is 5.92 Å². The van der Waals surface area contributed by atoms with E-state index in [0.29, 0.717) is 39.1 Å². The predicted octanol–water partition coefficient (Wildman–Crippen LogP) is 5.77. The van der Waals surface area contributed by atoms with Crippen LogP contribution in [0.1, 0.15) is 67.0 Å². The molecule has 0 bridgehead atoms. The molecule has 3 heterocycles. The maximum atomic E-state index is 13.5. The smallest absolute Gasteiger partial charge is 0.309 e. The number of benzene rings is 1. The van der Waals surface area contributed by atoms with Gasteiger partial charge in [-0.15, -0.1) is 11.3 Å². The van der Waals surface area contributed by atoms with E-state index in [4.69, 9.17) is 4.74 Å². The summed E-state index contributed by atoms with van der Waals surface area (Å²) in [6, 6.07) is 12.9. The number of nitrogens with zero attached hydrogens (tertiary/aromatic N) is 2. The largest absolute Gasteiger partial charge is 0.466 e. The van der Waals surface area contributed by atoms with Crippen LogP contribution < -0.4 is 0 Å². The van der Waals surface area contributed by atoms with Crippen LogP contribution in [0.25, 0.3) is 10.2 Å². The molecule has 0 atom stereocenters. The van der Waals surface area contributed by atoms with E-state index >= 15 is 0 Å². The molecule has 0 aliphatic carbocycles. The predicted molar refractivity (Wildman–Crippen MR) is 134 cm³/mol. The van der Waals surface area contributed by atoms with Gasteiger partial charge < -0.3 is 14.2 Å². The van der Waals surface area contributed by atoms with Crippen LogP contribution in [0.2, 0.25) is 0 Å². The monoisotopic (exact) mass is 466 g/mol. The number of esters is 1. The van der Waals surface area contributed by atoms with Gasteiger partial charge in [0.2, 0.25) is 0 Å². The minimum absolute atomic E-state index is 0.0460. The third-order valence-corrected chi connectivity index (χ3v) is 7.48. The lowest BCUT2D eigenvalue weighted by Gasteiger charge is -2.31. The second-order valence-electron chi connectivity index (χ2n) is 9.99. The Labute approximate surface area is 200 Å². The zero-order valence-corrected chi connectivity index (χ0v) is 21.1. The number of likely N-dealkylation sites (tertiary alicyclic amines) is 1. The molecule has 0 spiro atoms. The zero-order chi connectivity index (χ0) is 23.8. The Kier molecular flexibility index (Phi) is 6.66. The SMILES string of the molecule is CCOC(=O)C1CCN(C(=O)c2cc3sc(C)cc3n2Cc2ccc(C(C)(C)C)cc2)CC1. The van der Waals surface area contributed by atoms with E-state index in [2.05, 4.69) is 62.6 Å². The van der Waals surface area contributed by atoms with E-state index < -0.39 is 0 Å². The minimum Gasteiger partial charge on any atom is -0.466 e. The summed E-state index contributed by atoms with van der Waals surface area (Å²) in [7, 11) is 0. The number of hydrogen-bond acceptors (Lipinski definition) is 4. The number of carbonyl (C=O) groups is 2. The van der Waals surface area contributed by atoms with Gasteiger partial charge in [-0.3, -0.25) is 9.59 Å². The Hall–Kier alpha value is -2.60. The topological polar surface area (TPSA) is 51.5 Å². The summed E-state index contributed by atoms with van der Waals surface area (Å²) in [4.78, 5) is 28.7. The number of aryl methyl sites for hydroxylation is 1. The van der Waals surface area contributed by atoms with Crippen molar-refractivity contribution in [2.45, 2.75) is 59.4 Å². The molecule has 1 fully saturated rings. The van der Waals surface area contributed by atoms with Crippen LogP contribution in [-0.2, 0) is 21.5 Å². The van der Waals surface area contributed by atoms with E-state index in [1.807, 2.05) is 17.9 Å². The van der Waals surface area contributed by atoms with Gasteiger partial charge in [0.05, 0.1) is 22.7 Å². The second kappa shape index (κ2) is 9.34. The first kappa shape index (κ1) is 23.6. The summed E-state index contributed by atoms with van der Waals surface area (Å²) in [6.45, 7) is 12.8. The first-order valence-corrected chi connectivity index (χ1v) is 12.6. The number of aromatic nitrogens is 1. The Morgan fingerprint density at radius 3 is 2.36 bits per heavy atom. The summed E-state index contributed by atoms with van der Waals surface area (Å²) < 4.78 is 8.47. The number of hydrogen-bond donors (Lipinski definition) is 0. The van der Waals surface area contributed by atoms with Gasteiger partial charge in [-0.2, -0.15) is 0 Å². The lowest BCUT2D eigenvalue weighted by atomic mass is 9.87. The average Bonchev–Trinajstić information content (AvgIpc) is 3.30. The fraction of sp³-hybridized carbons (Fsp3) is 0.481. The van der Waals surface area contributed by atoms with Gasteiger partial charge in [0.15, 0.2) is 0 Å². The molecule has 1 saturated heterocycles. The molecule has 1 aliphatic rings.